The maximum atomic E-state index is 13.3. The van der Waals surface area contributed by atoms with E-state index >= 15 is 0 Å². The minimum Gasteiger partial charge on any atom is -0.352 e. The van der Waals surface area contributed by atoms with Crippen LogP contribution >= 0.6 is 11.8 Å². The van der Waals surface area contributed by atoms with E-state index in [1.807, 2.05) is 57.2 Å². The van der Waals surface area contributed by atoms with E-state index in [4.69, 9.17) is 4.98 Å². The maximum Gasteiger partial charge on any atom is 0.266 e. The zero-order valence-corrected chi connectivity index (χ0v) is 17.0. The van der Waals surface area contributed by atoms with Crippen molar-refractivity contribution in [2.45, 2.75) is 50.1 Å². The third-order valence-corrected chi connectivity index (χ3v) is 6.12. The van der Waals surface area contributed by atoms with Crippen LogP contribution in [0.1, 0.15) is 30.9 Å². The minimum atomic E-state index is -0.341. The molecule has 1 N–H and O–H groups in total. The molecule has 0 spiro atoms. The second-order valence-corrected chi connectivity index (χ2v) is 8.67. The molecule has 144 valence electrons. The summed E-state index contributed by atoms with van der Waals surface area (Å²) in [6, 6.07) is 13.6. The summed E-state index contributed by atoms with van der Waals surface area (Å²) < 4.78 is 1.63. The average Bonchev–Trinajstić information content (AvgIpc) is 3.48. The van der Waals surface area contributed by atoms with Crippen molar-refractivity contribution >= 4 is 28.6 Å². The number of aryl methyl sites for hydroxylation is 2. The van der Waals surface area contributed by atoms with E-state index in [0.29, 0.717) is 22.1 Å². The summed E-state index contributed by atoms with van der Waals surface area (Å²) in [5.74, 6) is -0.0125. The van der Waals surface area contributed by atoms with Crippen LogP contribution in [0.4, 0.5) is 0 Å². The van der Waals surface area contributed by atoms with Gasteiger partial charge in [0.2, 0.25) is 5.91 Å². The van der Waals surface area contributed by atoms with Crippen LogP contribution in [-0.2, 0) is 4.79 Å². The van der Waals surface area contributed by atoms with E-state index < -0.39 is 0 Å². The molecule has 6 heteroatoms. The highest BCUT2D eigenvalue weighted by Gasteiger charge is 2.27. The van der Waals surface area contributed by atoms with Crippen molar-refractivity contribution in [3.05, 3.63) is 63.9 Å². The molecular weight excluding hydrogens is 370 g/mol. The number of amides is 1. The van der Waals surface area contributed by atoms with Crippen molar-refractivity contribution < 1.29 is 4.79 Å². The second-order valence-electron chi connectivity index (χ2n) is 7.36. The molecular formula is C22H23N3O2S. The van der Waals surface area contributed by atoms with Crippen molar-refractivity contribution in [1.29, 1.82) is 0 Å². The van der Waals surface area contributed by atoms with Gasteiger partial charge in [-0.15, -0.1) is 0 Å². The molecule has 1 atom stereocenters. The smallest absolute Gasteiger partial charge is 0.266 e. The van der Waals surface area contributed by atoms with Crippen molar-refractivity contribution in [3.8, 4) is 5.69 Å². The van der Waals surface area contributed by atoms with Gasteiger partial charge < -0.3 is 5.32 Å². The van der Waals surface area contributed by atoms with Gasteiger partial charge in [-0.25, -0.2) is 4.98 Å². The van der Waals surface area contributed by atoms with Crippen LogP contribution in [0, 0.1) is 13.8 Å². The first-order valence-electron chi connectivity index (χ1n) is 9.50. The zero-order chi connectivity index (χ0) is 19.8. The van der Waals surface area contributed by atoms with Gasteiger partial charge in [-0.2, -0.15) is 0 Å². The van der Waals surface area contributed by atoms with Gasteiger partial charge in [0.25, 0.3) is 5.56 Å². The first kappa shape index (κ1) is 18.7. The van der Waals surface area contributed by atoms with Crippen LogP contribution < -0.4 is 10.9 Å². The molecule has 28 heavy (non-hydrogen) atoms. The molecule has 5 nitrogen and oxygen atoms in total. The third-order valence-electron chi connectivity index (χ3n) is 5.07. The zero-order valence-electron chi connectivity index (χ0n) is 16.2. The summed E-state index contributed by atoms with van der Waals surface area (Å²) in [7, 11) is 0. The number of benzene rings is 2. The fraction of sp³-hybridized carbons (Fsp3) is 0.318. The highest BCUT2D eigenvalue weighted by molar-refractivity contribution is 8.00. The summed E-state index contributed by atoms with van der Waals surface area (Å²) in [5.41, 5.74) is 3.56. The largest absolute Gasteiger partial charge is 0.352 e. The Hall–Kier alpha value is -2.60. The monoisotopic (exact) mass is 393 g/mol. The van der Waals surface area contributed by atoms with Gasteiger partial charge in [0, 0.05) is 6.04 Å². The van der Waals surface area contributed by atoms with Crippen LogP contribution in [0.2, 0.25) is 0 Å². The first-order valence-corrected chi connectivity index (χ1v) is 10.4. The molecule has 1 aliphatic carbocycles. The number of aromatic nitrogens is 2. The topological polar surface area (TPSA) is 64.0 Å². The molecule has 0 radical (unpaired) electrons. The highest BCUT2D eigenvalue weighted by atomic mass is 32.2. The number of hydrogen-bond donors (Lipinski definition) is 1. The van der Waals surface area contributed by atoms with Gasteiger partial charge in [0.05, 0.1) is 21.8 Å². The molecule has 1 fully saturated rings. The highest BCUT2D eigenvalue weighted by Crippen LogP contribution is 2.27. The fourth-order valence-corrected chi connectivity index (χ4v) is 3.98. The van der Waals surface area contributed by atoms with Crippen LogP contribution in [0.3, 0.4) is 0 Å². The Morgan fingerprint density at radius 3 is 2.64 bits per heavy atom. The Bertz CT molecular complexity index is 1120. The predicted octanol–water partition coefficient (Wildman–Crippen LogP) is 3.76. The lowest BCUT2D eigenvalue weighted by Crippen LogP contribution is -2.33. The summed E-state index contributed by atoms with van der Waals surface area (Å²) in [5, 5.41) is 3.79. The molecule has 1 saturated carbocycles. The normalized spacial score (nSPS) is 14.8. The van der Waals surface area contributed by atoms with E-state index in [1.54, 1.807) is 10.6 Å². The Kier molecular flexibility index (Phi) is 4.98. The Balaban J connectivity index is 1.82. The SMILES string of the molecule is Cc1ccc(-n2c(S[C@@H](C)C(=O)NC3CC3)nc3ccccc3c2=O)cc1C. The third kappa shape index (κ3) is 3.69. The molecule has 2 aromatic carbocycles. The maximum absolute atomic E-state index is 13.3. The van der Waals surface area contributed by atoms with Crippen LogP contribution in [0.15, 0.2) is 52.4 Å². The summed E-state index contributed by atoms with van der Waals surface area (Å²) in [6.45, 7) is 5.92. The van der Waals surface area contributed by atoms with E-state index in [9.17, 15) is 9.59 Å². The van der Waals surface area contributed by atoms with Gasteiger partial charge in [-0.05, 0) is 69.0 Å². The lowest BCUT2D eigenvalue weighted by atomic mass is 10.1. The van der Waals surface area contributed by atoms with E-state index in [1.165, 1.54) is 11.8 Å². The molecule has 1 heterocycles. The predicted molar refractivity (Wildman–Crippen MR) is 113 cm³/mol. The molecule has 0 unspecified atom stereocenters. The number of fused-ring (bicyclic) bond motifs is 1. The van der Waals surface area contributed by atoms with Crippen LogP contribution in [-0.4, -0.2) is 26.8 Å². The van der Waals surface area contributed by atoms with Gasteiger partial charge >= 0.3 is 0 Å². The molecule has 0 aliphatic heterocycles. The Morgan fingerprint density at radius 2 is 1.93 bits per heavy atom. The summed E-state index contributed by atoms with van der Waals surface area (Å²) in [4.78, 5) is 30.5. The number of carbonyl (C=O) groups is 1. The lowest BCUT2D eigenvalue weighted by molar-refractivity contribution is -0.120. The number of nitrogens with one attached hydrogen (secondary N) is 1. The van der Waals surface area contributed by atoms with Gasteiger partial charge in [0.15, 0.2) is 5.16 Å². The average molecular weight is 394 g/mol. The number of carbonyl (C=O) groups excluding carboxylic acids is 1. The molecule has 3 aromatic rings. The second kappa shape index (κ2) is 7.43. The molecule has 4 rings (SSSR count). The van der Waals surface area contributed by atoms with Gasteiger partial charge in [-0.3, -0.25) is 14.2 Å². The van der Waals surface area contributed by atoms with E-state index in [-0.39, 0.29) is 16.7 Å². The van der Waals surface area contributed by atoms with Crippen molar-refractivity contribution in [2.75, 3.05) is 0 Å². The number of nitrogens with zero attached hydrogens (tertiary/aromatic N) is 2. The van der Waals surface area contributed by atoms with Crippen molar-refractivity contribution in [1.82, 2.24) is 14.9 Å². The molecule has 0 saturated heterocycles. The standard InChI is InChI=1S/C22H23N3O2S/c1-13-8-11-17(12-14(13)2)25-21(27)18-6-4-5-7-19(18)24-22(25)28-15(3)20(26)23-16-9-10-16/h4-8,11-12,15-16H,9-10H2,1-3H3,(H,23,26)/t15-/m0/s1. The van der Waals surface area contributed by atoms with Crippen molar-refractivity contribution in [3.63, 3.8) is 0 Å². The molecule has 1 aromatic heterocycles. The van der Waals surface area contributed by atoms with Crippen LogP contribution in [0.25, 0.3) is 16.6 Å². The van der Waals surface area contributed by atoms with Gasteiger partial charge in [-0.1, -0.05) is 30.0 Å². The molecule has 1 amide bonds. The fourth-order valence-electron chi connectivity index (χ4n) is 3.04. The van der Waals surface area contributed by atoms with Crippen molar-refractivity contribution in [2.24, 2.45) is 0 Å². The van der Waals surface area contributed by atoms with E-state index in [0.717, 1.165) is 29.7 Å². The quantitative estimate of drug-likeness (QED) is 0.529. The number of thioether (sulfide) groups is 1. The number of hydrogen-bond acceptors (Lipinski definition) is 4. The Morgan fingerprint density at radius 1 is 1.18 bits per heavy atom. The van der Waals surface area contributed by atoms with Crippen LogP contribution in [0.5, 0.6) is 0 Å². The lowest BCUT2D eigenvalue weighted by Gasteiger charge is -2.17. The minimum absolute atomic E-state index is 0.0125. The first-order chi connectivity index (χ1) is 13.4. The Labute approximate surface area is 168 Å². The molecule has 1 aliphatic rings. The molecule has 0 bridgehead atoms. The van der Waals surface area contributed by atoms with E-state index in [2.05, 4.69) is 5.32 Å². The summed E-state index contributed by atoms with van der Waals surface area (Å²) >= 11 is 1.32. The number of para-hydroxylation sites is 1. The summed E-state index contributed by atoms with van der Waals surface area (Å²) in [6.07, 6.45) is 2.09. The van der Waals surface area contributed by atoms with Gasteiger partial charge in [0.1, 0.15) is 0 Å². The number of rotatable bonds is 5.